The molecule has 3 rings (SSSR count). The summed E-state index contributed by atoms with van der Waals surface area (Å²) in [4.78, 5) is 46.4. The van der Waals surface area contributed by atoms with Crippen LogP contribution in [0.5, 0.6) is 0 Å². The second-order valence-electron chi connectivity index (χ2n) is 9.15. The number of amides is 1. The number of halogens is 1. The lowest BCUT2D eigenvalue weighted by Crippen LogP contribution is -2.27. The van der Waals surface area contributed by atoms with Gasteiger partial charge in [0.25, 0.3) is 0 Å². The zero-order chi connectivity index (χ0) is 27.9. The lowest BCUT2D eigenvalue weighted by Gasteiger charge is -2.21. The van der Waals surface area contributed by atoms with Crippen LogP contribution in [0.4, 0.5) is 5.82 Å². The minimum absolute atomic E-state index is 0.00199. The second kappa shape index (κ2) is 13.1. The normalized spacial score (nSPS) is 14.8. The fourth-order valence-corrected chi connectivity index (χ4v) is 5.90. The van der Waals surface area contributed by atoms with E-state index in [0.29, 0.717) is 17.9 Å². The fourth-order valence-electron chi connectivity index (χ4n) is 4.56. The molecule has 206 valence electrons. The molecule has 0 bridgehead atoms. The Morgan fingerprint density at radius 3 is 2.18 bits per heavy atom. The largest absolute Gasteiger partial charge is 0.465 e. The number of carbonyl (C=O) groups excluding carboxylic acids is 3. The predicted octanol–water partition coefficient (Wildman–Crippen LogP) is 4.05. The van der Waals surface area contributed by atoms with Crippen molar-refractivity contribution >= 4 is 45.1 Å². The average molecular weight is 566 g/mol. The van der Waals surface area contributed by atoms with Crippen molar-refractivity contribution in [3.63, 3.8) is 0 Å². The highest BCUT2D eigenvalue weighted by atomic mass is 35.5. The molecule has 1 aromatic heterocycles. The summed E-state index contributed by atoms with van der Waals surface area (Å²) >= 11 is 6.27. The van der Waals surface area contributed by atoms with Crippen molar-refractivity contribution in [2.75, 3.05) is 24.8 Å². The van der Waals surface area contributed by atoms with Crippen molar-refractivity contribution in [3.8, 4) is 0 Å². The molecule has 12 heteroatoms. The molecule has 1 aliphatic rings. The Balaban J connectivity index is 1.84. The molecule has 38 heavy (non-hydrogen) atoms. The van der Waals surface area contributed by atoms with E-state index in [2.05, 4.69) is 15.3 Å². The summed E-state index contributed by atoms with van der Waals surface area (Å²) in [5.74, 6) is -3.47. The summed E-state index contributed by atoms with van der Waals surface area (Å²) in [6.07, 6.45) is 8.34. The van der Waals surface area contributed by atoms with Crippen LogP contribution < -0.4 is 5.32 Å². The van der Waals surface area contributed by atoms with Gasteiger partial charge in [0.2, 0.25) is 5.91 Å². The molecule has 1 heterocycles. The van der Waals surface area contributed by atoms with Crippen LogP contribution >= 0.6 is 11.6 Å². The van der Waals surface area contributed by atoms with Gasteiger partial charge in [0.15, 0.2) is 21.6 Å². The van der Waals surface area contributed by atoms with E-state index in [1.807, 2.05) is 0 Å². The van der Waals surface area contributed by atoms with Crippen LogP contribution in [0.2, 0.25) is 5.02 Å². The zero-order valence-corrected chi connectivity index (χ0v) is 23.2. The number of nitrogens with zero attached hydrogens (tertiary/aromatic N) is 2. The van der Waals surface area contributed by atoms with E-state index in [1.54, 1.807) is 19.9 Å². The number of ether oxygens (including phenoxy) is 2. The van der Waals surface area contributed by atoms with Gasteiger partial charge < -0.3 is 14.8 Å². The Hall–Kier alpha value is -3.05. The van der Waals surface area contributed by atoms with Gasteiger partial charge in [0.05, 0.1) is 47.1 Å². The van der Waals surface area contributed by atoms with Gasteiger partial charge in [-0.3, -0.25) is 19.4 Å². The highest BCUT2D eigenvalue weighted by Crippen LogP contribution is 2.36. The van der Waals surface area contributed by atoms with Crippen molar-refractivity contribution in [2.24, 2.45) is 5.92 Å². The van der Waals surface area contributed by atoms with Gasteiger partial charge in [-0.25, -0.2) is 13.4 Å². The summed E-state index contributed by atoms with van der Waals surface area (Å²) in [6.45, 7) is 3.39. The number of benzene rings is 1. The van der Waals surface area contributed by atoms with Crippen LogP contribution in [-0.4, -0.2) is 55.7 Å². The first-order valence-electron chi connectivity index (χ1n) is 12.5. The highest BCUT2D eigenvalue weighted by molar-refractivity contribution is 7.90. The van der Waals surface area contributed by atoms with Crippen molar-refractivity contribution in [1.29, 1.82) is 0 Å². The molecule has 1 N–H and O–H groups in total. The molecule has 1 aromatic carbocycles. The molecule has 10 nitrogen and oxygen atoms in total. The number of anilines is 1. The standard InChI is InChI=1S/C26H32ClN3O7S/c1-4-36-25(32)23(26(33)37-5-2)20-14-29-22(15-28-20)30-24(31)18(12-16-8-6-7-9-16)17-10-11-21(19(27)13-17)38(3,34)35/h10-11,13-16,18,23H,4-9,12H2,1-3H3,(H,29,30,31). The van der Waals surface area contributed by atoms with Gasteiger partial charge in [-0.05, 0) is 43.9 Å². The third-order valence-electron chi connectivity index (χ3n) is 6.38. The van der Waals surface area contributed by atoms with E-state index in [9.17, 15) is 22.8 Å². The first-order valence-corrected chi connectivity index (χ1v) is 14.8. The maximum Gasteiger partial charge on any atom is 0.326 e. The molecular weight excluding hydrogens is 534 g/mol. The van der Waals surface area contributed by atoms with Crippen LogP contribution in [0.15, 0.2) is 35.5 Å². The molecule has 1 amide bonds. The van der Waals surface area contributed by atoms with Crippen LogP contribution in [0.25, 0.3) is 0 Å². The van der Waals surface area contributed by atoms with Gasteiger partial charge in [-0.2, -0.15) is 0 Å². The monoisotopic (exact) mass is 565 g/mol. The second-order valence-corrected chi connectivity index (χ2v) is 11.5. The summed E-state index contributed by atoms with van der Waals surface area (Å²) in [5.41, 5.74) is 0.631. The number of carbonyl (C=O) groups is 3. The maximum absolute atomic E-state index is 13.4. The predicted molar refractivity (Wildman–Crippen MR) is 141 cm³/mol. The van der Waals surface area contributed by atoms with E-state index >= 15 is 0 Å². The average Bonchev–Trinajstić information content (AvgIpc) is 3.36. The van der Waals surface area contributed by atoms with Gasteiger partial charge in [0.1, 0.15) is 0 Å². The van der Waals surface area contributed by atoms with E-state index in [1.165, 1.54) is 24.5 Å². The minimum atomic E-state index is -3.51. The summed E-state index contributed by atoms with van der Waals surface area (Å²) in [7, 11) is -3.51. The Morgan fingerprint density at radius 2 is 1.68 bits per heavy atom. The maximum atomic E-state index is 13.4. The highest BCUT2D eigenvalue weighted by Gasteiger charge is 2.33. The Bertz CT molecular complexity index is 1240. The molecular formula is C26H32ClN3O7S. The van der Waals surface area contributed by atoms with Crippen molar-refractivity contribution in [3.05, 3.63) is 46.9 Å². The quantitative estimate of drug-likeness (QED) is 0.315. The molecule has 0 aliphatic heterocycles. The SMILES string of the molecule is CCOC(=O)C(C(=O)OCC)c1cnc(NC(=O)C(CC2CCCC2)c2ccc(S(C)(=O)=O)c(Cl)c2)cn1. The first-order chi connectivity index (χ1) is 18.0. The molecule has 2 aromatic rings. The van der Waals surface area contributed by atoms with E-state index in [-0.39, 0.29) is 40.6 Å². The van der Waals surface area contributed by atoms with Gasteiger partial charge in [-0.1, -0.05) is 43.4 Å². The van der Waals surface area contributed by atoms with Gasteiger partial charge in [0, 0.05) is 6.26 Å². The van der Waals surface area contributed by atoms with Crippen molar-refractivity contribution in [2.45, 2.75) is 62.7 Å². The number of rotatable bonds is 11. The number of aromatic nitrogens is 2. The Labute approximate surface area is 227 Å². The van der Waals surface area contributed by atoms with E-state index < -0.39 is 33.6 Å². The molecule has 0 spiro atoms. The van der Waals surface area contributed by atoms with Crippen LogP contribution in [0.1, 0.15) is 69.0 Å². The van der Waals surface area contributed by atoms with Crippen molar-refractivity contribution < 1.29 is 32.3 Å². The molecule has 1 aliphatic carbocycles. The van der Waals surface area contributed by atoms with E-state index in [4.69, 9.17) is 21.1 Å². The molecule has 1 atom stereocenters. The molecule has 1 unspecified atom stereocenters. The van der Waals surface area contributed by atoms with E-state index in [0.717, 1.165) is 31.9 Å². The van der Waals surface area contributed by atoms with Gasteiger partial charge >= 0.3 is 11.9 Å². The summed E-state index contributed by atoms with van der Waals surface area (Å²) in [5, 5.41) is 2.81. The van der Waals surface area contributed by atoms with Crippen LogP contribution in [0.3, 0.4) is 0 Å². The zero-order valence-electron chi connectivity index (χ0n) is 21.6. The molecule has 0 saturated heterocycles. The van der Waals surface area contributed by atoms with Gasteiger partial charge in [-0.15, -0.1) is 0 Å². The molecule has 1 fully saturated rings. The lowest BCUT2D eigenvalue weighted by atomic mass is 9.87. The number of sulfone groups is 1. The van der Waals surface area contributed by atoms with Crippen molar-refractivity contribution in [1.82, 2.24) is 9.97 Å². The minimum Gasteiger partial charge on any atom is -0.465 e. The van der Waals surface area contributed by atoms with Crippen LogP contribution in [0, 0.1) is 5.92 Å². The Morgan fingerprint density at radius 1 is 1.05 bits per heavy atom. The molecule has 1 saturated carbocycles. The topological polar surface area (TPSA) is 142 Å². The smallest absolute Gasteiger partial charge is 0.326 e. The first kappa shape index (κ1) is 29.5. The number of hydrogen-bond donors (Lipinski definition) is 1. The number of nitrogens with one attached hydrogen (secondary N) is 1. The fraction of sp³-hybridized carbons (Fsp3) is 0.500. The third-order valence-corrected chi connectivity index (χ3v) is 7.96. The molecule has 0 radical (unpaired) electrons. The Kier molecular flexibility index (Phi) is 10.2. The lowest BCUT2D eigenvalue weighted by molar-refractivity contribution is -0.157. The van der Waals surface area contributed by atoms with Crippen LogP contribution in [-0.2, 0) is 33.7 Å². The number of hydrogen-bond acceptors (Lipinski definition) is 9. The summed E-state index contributed by atoms with van der Waals surface area (Å²) < 4.78 is 33.9. The third kappa shape index (κ3) is 7.50. The number of esters is 2. The summed E-state index contributed by atoms with van der Waals surface area (Å²) in [6, 6.07) is 4.55.